The number of hydrogen-bond donors (Lipinski definition) is 1. The summed E-state index contributed by atoms with van der Waals surface area (Å²) in [6, 6.07) is 6.34. The number of hydrogen-bond acceptors (Lipinski definition) is 3. The Balaban J connectivity index is 2.04. The summed E-state index contributed by atoms with van der Waals surface area (Å²) in [5, 5.41) is 9.25. The molecule has 1 N–H and O–H groups in total. The first-order chi connectivity index (χ1) is 10.9. The molecule has 3 rings (SSSR count). The average Bonchev–Trinajstić information content (AvgIpc) is 2.97. The van der Waals surface area contributed by atoms with Gasteiger partial charge in [0.2, 0.25) is 0 Å². The SMILES string of the molecule is O=C(c1ccc(F)cc1)c1cc(Cl)c2c(c1Cl)CC(C(=O)O)O2. The summed E-state index contributed by atoms with van der Waals surface area (Å²) in [5.74, 6) is -1.85. The van der Waals surface area contributed by atoms with Gasteiger partial charge in [-0.25, -0.2) is 9.18 Å². The number of halogens is 3. The second-order valence-corrected chi connectivity index (χ2v) is 5.80. The van der Waals surface area contributed by atoms with Crippen molar-refractivity contribution in [3.05, 3.63) is 62.9 Å². The van der Waals surface area contributed by atoms with Crippen LogP contribution < -0.4 is 4.74 Å². The van der Waals surface area contributed by atoms with Gasteiger partial charge in [-0.2, -0.15) is 0 Å². The van der Waals surface area contributed by atoms with Crippen LogP contribution in [0.25, 0.3) is 0 Å². The van der Waals surface area contributed by atoms with Crippen molar-refractivity contribution in [2.45, 2.75) is 12.5 Å². The maximum absolute atomic E-state index is 13.0. The minimum Gasteiger partial charge on any atom is -0.478 e. The van der Waals surface area contributed by atoms with E-state index in [1.165, 1.54) is 30.3 Å². The Hall–Kier alpha value is -2.11. The number of carbonyl (C=O) groups is 2. The Bertz CT molecular complexity index is 818. The van der Waals surface area contributed by atoms with E-state index in [2.05, 4.69) is 0 Å². The van der Waals surface area contributed by atoms with E-state index in [4.69, 9.17) is 33.0 Å². The first-order valence-corrected chi connectivity index (χ1v) is 7.34. The topological polar surface area (TPSA) is 63.6 Å². The van der Waals surface area contributed by atoms with Crippen LogP contribution in [0.5, 0.6) is 5.75 Å². The van der Waals surface area contributed by atoms with Crippen molar-refractivity contribution in [1.29, 1.82) is 0 Å². The van der Waals surface area contributed by atoms with Crippen molar-refractivity contribution in [3.8, 4) is 5.75 Å². The number of carboxylic acids is 1. The predicted molar refractivity (Wildman–Crippen MR) is 82.1 cm³/mol. The van der Waals surface area contributed by atoms with Crippen LogP contribution in [0.15, 0.2) is 30.3 Å². The first kappa shape index (κ1) is 15.8. The van der Waals surface area contributed by atoms with Crippen LogP contribution in [-0.4, -0.2) is 23.0 Å². The third-order valence-corrected chi connectivity index (χ3v) is 4.25. The lowest BCUT2D eigenvalue weighted by Crippen LogP contribution is -2.24. The van der Waals surface area contributed by atoms with Crippen LogP contribution in [0.3, 0.4) is 0 Å². The lowest BCUT2D eigenvalue weighted by atomic mass is 9.99. The van der Waals surface area contributed by atoms with Gasteiger partial charge in [-0.15, -0.1) is 0 Å². The molecule has 1 aliphatic heterocycles. The number of carbonyl (C=O) groups excluding carboxylic acids is 1. The molecule has 1 atom stereocenters. The van der Waals surface area contributed by atoms with Crippen molar-refractivity contribution in [2.24, 2.45) is 0 Å². The molecule has 0 spiro atoms. The quantitative estimate of drug-likeness (QED) is 0.852. The molecular weight excluding hydrogens is 346 g/mol. The van der Waals surface area contributed by atoms with E-state index >= 15 is 0 Å². The molecule has 4 nitrogen and oxygen atoms in total. The monoisotopic (exact) mass is 354 g/mol. The summed E-state index contributed by atoms with van der Waals surface area (Å²) in [4.78, 5) is 23.6. The largest absolute Gasteiger partial charge is 0.478 e. The van der Waals surface area contributed by atoms with Crippen LogP contribution in [0.4, 0.5) is 4.39 Å². The Morgan fingerprint density at radius 3 is 2.48 bits per heavy atom. The van der Waals surface area contributed by atoms with Crippen LogP contribution in [0, 0.1) is 5.82 Å². The second-order valence-electron chi connectivity index (χ2n) is 5.01. The molecule has 2 aromatic carbocycles. The number of fused-ring (bicyclic) bond motifs is 1. The summed E-state index contributed by atoms with van der Waals surface area (Å²) in [6.07, 6.45) is -1.07. The fourth-order valence-electron chi connectivity index (χ4n) is 2.40. The van der Waals surface area contributed by atoms with Gasteiger partial charge in [-0.3, -0.25) is 4.79 Å². The fraction of sp³-hybridized carbons (Fsp3) is 0.125. The Morgan fingerprint density at radius 1 is 1.22 bits per heavy atom. The van der Waals surface area contributed by atoms with Gasteiger partial charge < -0.3 is 9.84 Å². The Morgan fingerprint density at radius 2 is 1.87 bits per heavy atom. The van der Waals surface area contributed by atoms with Crippen LogP contribution >= 0.6 is 23.2 Å². The molecule has 0 saturated carbocycles. The minimum absolute atomic E-state index is 0.0216. The first-order valence-electron chi connectivity index (χ1n) is 6.59. The smallest absolute Gasteiger partial charge is 0.345 e. The molecule has 0 radical (unpaired) electrons. The third-order valence-electron chi connectivity index (χ3n) is 3.54. The van der Waals surface area contributed by atoms with Gasteiger partial charge in [0.05, 0.1) is 10.0 Å². The van der Waals surface area contributed by atoms with Gasteiger partial charge in [0.1, 0.15) is 11.6 Å². The molecule has 7 heteroatoms. The van der Waals surface area contributed by atoms with E-state index in [-0.39, 0.29) is 33.3 Å². The molecule has 23 heavy (non-hydrogen) atoms. The minimum atomic E-state index is -1.14. The number of rotatable bonds is 3. The lowest BCUT2D eigenvalue weighted by Gasteiger charge is -2.09. The molecular formula is C16H9Cl2FO4. The summed E-state index contributed by atoms with van der Waals surface area (Å²) < 4.78 is 18.2. The van der Waals surface area contributed by atoms with E-state index in [1.807, 2.05) is 0 Å². The van der Waals surface area contributed by atoms with Crippen LogP contribution in [0.1, 0.15) is 21.5 Å². The van der Waals surface area contributed by atoms with Crippen molar-refractivity contribution < 1.29 is 23.8 Å². The Labute approximate surface area is 140 Å². The molecule has 0 saturated heterocycles. The van der Waals surface area contributed by atoms with E-state index in [0.29, 0.717) is 5.56 Å². The zero-order valence-corrected chi connectivity index (χ0v) is 13.0. The highest BCUT2D eigenvalue weighted by Crippen LogP contribution is 2.42. The summed E-state index contributed by atoms with van der Waals surface area (Å²) in [6.45, 7) is 0. The summed E-state index contributed by atoms with van der Waals surface area (Å²) in [7, 11) is 0. The predicted octanol–water partition coefficient (Wildman–Crippen LogP) is 3.75. The lowest BCUT2D eigenvalue weighted by molar-refractivity contribution is -0.144. The zero-order chi connectivity index (χ0) is 16.7. The number of benzene rings is 2. The molecule has 1 aliphatic rings. The highest BCUT2D eigenvalue weighted by molar-refractivity contribution is 6.38. The molecule has 1 unspecified atom stereocenters. The number of carboxylic acid groups (broad SMARTS) is 1. The van der Waals surface area contributed by atoms with Gasteiger partial charge in [-0.1, -0.05) is 23.2 Å². The van der Waals surface area contributed by atoms with E-state index in [1.54, 1.807) is 0 Å². The van der Waals surface area contributed by atoms with Gasteiger partial charge in [-0.05, 0) is 30.3 Å². The fourth-order valence-corrected chi connectivity index (χ4v) is 2.97. The van der Waals surface area contributed by atoms with E-state index < -0.39 is 23.7 Å². The molecule has 2 aromatic rings. The van der Waals surface area contributed by atoms with Crippen molar-refractivity contribution in [3.63, 3.8) is 0 Å². The molecule has 0 aromatic heterocycles. The van der Waals surface area contributed by atoms with Crippen molar-refractivity contribution in [1.82, 2.24) is 0 Å². The summed E-state index contributed by atoms with van der Waals surface area (Å²) >= 11 is 12.3. The van der Waals surface area contributed by atoms with Gasteiger partial charge in [0.15, 0.2) is 11.9 Å². The van der Waals surface area contributed by atoms with E-state index in [0.717, 1.165) is 0 Å². The Kier molecular flexibility index (Phi) is 4.00. The highest BCUT2D eigenvalue weighted by Gasteiger charge is 2.34. The van der Waals surface area contributed by atoms with E-state index in [9.17, 15) is 14.0 Å². The number of ketones is 1. The molecule has 118 valence electrons. The molecule has 0 bridgehead atoms. The molecule has 1 heterocycles. The van der Waals surface area contributed by atoms with Crippen LogP contribution in [0.2, 0.25) is 10.0 Å². The molecule has 0 fully saturated rings. The molecule has 0 amide bonds. The van der Waals surface area contributed by atoms with Crippen molar-refractivity contribution in [2.75, 3.05) is 0 Å². The van der Waals surface area contributed by atoms with Gasteiger partial charge >= 0.3 is 5.97 Å². The number of ether oxygens (including phenoxy) is 1. The standard InChI is InChI=1S/C16H9Cl2FO4/c17-11-5-9(14(20)7-1-3-8(19)4-2-7)13(18)10-6-12(16(21)22)23-15(10)11/h1-5,12H,6H2,(H,21,22). The number of aliphatic carboxylic acids is 1. The zero-order valence-electron chi connectivity index (χ0n) is 11.5. The summed E-state index contributed by atoms with van der Waals surface area (Å²) in [5.41, 5.74) is 0.756. The second kappa shape index (κ2) is 5.83. The maximum atomic E-state index is 13.0. The third kappa shape index (κ3) is 2.78. The molecule has 0 aliphatic carbocycles. The van der Waals surface area contributed by atoms with Crippen molar-refractivity contribution >= 4 is 35.0 Å². The van der Waals surface area contributed by atoms with Gasteiger partial charge in [0.25, 0.3) is 0 Å². The normalized spacial score (nSPS) is 15.9. The average molecular weight is 355 g/mol. The maximum Gasteiger partial charge on any atom is 0.345 e. The highest BCUT2D eigenvalue weighted by atomic mass is 35.5. The van der Waals surface area contributed by atoms with Gasteiger partial charge in [0, 0.05) is 23.1 Å². The van der Waals surface area contributed by atoms with Crippen LogP contribution in [-0.2, 0) is 11.2 Å².